The first-order chi connectivity index (χ1) is 16.6. The zero-order chi connectivity index (χ0) is 25.2. The maximum atomic E-state index is 13.1. The van der Waals surface area contributed by atoms with Crippen molar-refractivity contribution in [3.63, 3.8) is 0 Å². The number of carbonyl (C=O) groups excluding carboxylic acids is 1. The number of aromatic amines is 1. The zero-order valence-corrected chi connectivity index (χ0v) is 19.6. The van der Waals surface area contributed by atoms with Crippen LogP contribution in [0.3, 0.4) is 0 Å². The summed E-state index contributed by atoms with van der Waals surface area (Å²) in [4.78, 5) is 40.1. The molecule has 3 aromatic carbocycles. The van der Waals surface area contributed by atoms with Crippen LogP contribution in [0.25, 0.3) is 10.9 Å². The lowest BCUT2D eigenvalue weighted by Gasteiger charge is -2.08. The topological polar surface area (TPSA) is 133 Å². The number of carbonyl (C=O) groups is 2. The van der Waals surface area contributed by atoms with Crippen molar-refractivity contribution in [2.45, 2.75) is 17.9 Å². The molecule has 1 amide bonds. The molecule has 0 saturated carbocycles. The van der Waals surface area contributed by atoms with E-state index in [1.165, 1.54) is 30.3 Å². The van der Waals surface area contributed by atoms with Crippen molar-refractivity contribution in [2.75, 3.05) is 6.26 Å². The fourth-order valence-corrected chi connectivity index (χ4v) is 4.29. The van der Waals surface area contributed by atoms with Crippen molar-refractivity contribution in [1.29, 1.82) is 0 Å². The molecule has 0 aliphatic carbocycles. The third-order valence-corrected chi connectivity index (χ3v) is 6.75. The van der Waals surface area contributed by atoms with E-state index in [-0.39, 0.29) is 28.3 Å². The van der Waals surface area contributed by atoms with Crippen molar-refractivity contribution >= 4 is 32.6 Å². The number of pyridine rings is 1. The van der Waals surface area contributed by atoms with Crippen molar-refractivity contribution < 1.29 is 23.1 Å². The Morgan fingerprint density at radius 1 is 0.914 bits per heavy atom. The molecule has 0 bridgehead atoms. The summed E-state index contributed by atoms with van der Waals surface area (Å²) in [6.45, 7) is 0.198. The van der Waals surface area contributed by atoms with Gasteiger partial charge in [0.25, 0.3) is 5.91 Å². The van der Waals surface area contributed by atoms with Gasteiger partial charge in [0, 0.05) is 47.4 Å². The number of H-pyrrole nitrogens is 1. The van der Waals surface area contributed by atoms with E-state index in [4.69, 9.17) is 5.11 Å². The van der Waals surface area contributed by atoms with E-state index in [9.17, 15) is 22.8 Å². The van der Waals surface area contributed by atoms with Gasteiger partial charge in [0.1, 0.15) is 0 Å². The Hall–Kier alpha value is -4.24. The van der Waals surface area contributed by atoms with Gasteiger partial charge in [-0.25, -0.2) is 13.2 Å². The predicted molar refractivity (Wildman–Crippen MR) is 131 cm³/mol. The molecule has 8 nitrogen and oxygen atoms in total. The van der Waals surface area contributed by atoms with Gasteiger partial charge in [-0.15, -0.1) is 0 Å². The Kier molecular flexibility index (Phi) is 6.52. The summed E-state index contributed by atoms with van der Waals surface area (Å²) in [5, 5.41) is 12.2. The van der Waals surface area contributed by atoms with Crippen molar-refractivity contribution in [1.82, 2.24) is 10.3 Å². The smallest absolute Gasteiger partial charge is 0.335 e. The standard InChI is InChI=1S/C26H22N2O6S/c1-35(33,34)21-9-4-17(5-10-21)14-28-25(30)19-8-11-23-22(13-19)24(29)20(15-27-23)12-16-2-6-18(7-3-16)26(31)32/h2-11,13,15H,12,14H2,1H3,(H,27,29)(H,28,30)(H,31,32). The van der Waals surface area contributed by atoms with Crippen molar-refractivity contribution in [3.05, 3.63) is 111 Å². The summed E-state index contributed by atoms with van der Waals surface area (Å²) in [6.07, 6.45) is 3.06. The van der Waals surface area contributed by atoms with E-state index in [2.05, 4.69) is 10.3 Å². The quantitative estimate of drug-likeness (QED) is 0.364. The summed E-state index contributed by atoms with van der Waals surface area (Å²) >= 11 is 0. The zero-order valence-electron chi connectivity index (χ0n) is 18.7. The largest absolute Gasteiger partial charge is 0.478 e. The first kappa shape index (κ1) is 23.9. The van der Waals surface area contributed by atoms with E-state index in [1.807, 2.05) is 0 Å². The normalized spacial score (nSPS) is 11.3. The van der Waals surface area contributed by atoms with E-state index in [0.717, 1.165) is 17.4 Å². The molecule has 1 heterocycles. The van der Waals surface area contributed by atoms with Crippen LogP contribution in [0, 0.1) is 0 Å². The van der Waals surface area contributed by atoms with Gasteiger partial charge in [0.2, 0.25) is 0 Å². The van der Waals surface area contributed by atoms with Gasteiger partial charge in [-0.2, -0.15) is 0 Å². The molecule has 0 aliphatic rings. The number of carboxylic acid groups (broad SMARTS) is 1. The second kappa shape index (κ2) is 9.55. The Morgan fingerprint density at radius 2 is 1.54 bits per heavy atom. The number of aromatic nitrogens is 1. The SMILES string of the molecule is CS(=O)(=O)c1ccc(CNC(=O)c2ccc3[nH]cc(Cc4ccc(C(=O)O)cc4)c(=O)c3c2)cc1. The second-order valence-corrected chi connectivity index (χ2v) is 10.2. The van der Waals surface area contributed by atoms with Crippen LogP contribution in [0.5, 0.6) is 0 Å². The molecule has 0 atom stereocenters. The molecular weight excluding hydrogens is 468 g/mol. The fourth-order valence-electron chi connectivity index (χ4n) is 3.66. The minimum Gasteiger partial charge on any atom is -0.478 e. The minimum absolute atomic E-state index is 0.170. The maximum absolute atomic E-state index is 13.1. The molecular formula is C26H22N2O6S. The van der Waals surface area contributed by atoms with E-state index in [1.54, 1.807) is 42.6 Å². The maximum Gasteiger partial charge on any atom is 0.335 e. The molecule has 4 aromatic rings. The summed E-state index contributed by atoms with van der Waals surface area (Å²) in [5.41, 5.74) is 2.88. The van der Waals surface area contributed by atoms with Crippen LogP contribution in [-0.4, -0.2) is 36.6 Å². The number of hydrogen-bond donors (Lipinski definition) is 3. The van der Waals surface area contributed by atoms with Gasteiger partial charge in [0.15, 0.2) is 15.3 Å². The molecule has 178 valence electrons. The number of fused-ring (bicyclic) bond motifs is 1. The molecule has 0 aliphatic heterocycles. The molecule has 0 fully saturated rings. The third-order valence-electron chi connectivity index (χ3n) is 5.62. The van der Waals surface area contributed by atoms with Crippen LogP contribution < -0.4 is 10.7 Å². The van der Waals surface area contributed by atoms with Crippen molar-refractivity contribution in [2.24, 2.45) is 0 Å². The number of aromatic carboxylic acids is 1. The predicted octanol–water partition coefficient (Wildman–Crippen LogP) is 3.15. The molecule has 9 heteroatoms. The summed E-state index contributed by atoms with van der Waals surface area (Å²) in [6, 6.07) is 17.4. The Bertz CT molecular complexity index is 1590. The Balaban J connectivity index is 1.52. The highest BCUT2D eigenvalue weighted by molar-refractivity contribution is 7.90. The number of carboxylic acids is 1. The fraction of sp³-hybridized carbons (Fsp3) is 0.115. The van der Waals surface area contributed by atoms with Crippen LogP contribution in [0.15, 0.2) is 82.6 Å². The molecule has 3 N–H and O–H groups in total. The second-order valence-electron chi connectivity index (χ2n) is 8.18. The molecule has 0 unspecified atom stereocenters. The van der Waals surface area contributed by atoms with E-state index < -0.39 is 15.8 Å². The molecule has 0 saturated heterocycles. The summed E-state index contributed by atoms with van der Waals surface area (Å²) < 4.78 is 23.1. The van der Waals surface area contributed by atoms with E-state index >= 15 is 0 Å². The van der Waals surface area contributed by atoms with Crippen LogP contribution in [0.2, 0.25) is 0 Å². The number of rotatable bonds is 7. The average Bonchev–Trinajstić information content (AvgIpc) is 2.84. The lowest BCUT2D eigenvalue weighted by molar-refractivity contribution is 0.0696. The van der Waals surface area contributed by atoms with Crippen LogP contribution in [0.4, 0.5) is 0 Å². The monoisotopic (exact) mass is 490 g/mol. The van der Waals surface area contributed by atoms with Crippen LogP contribution in [0.1, 0.15) is 37.4 Å². The Morgan fingerprint density at radius 3 is 2.17 bits per heavy atom. The summed E-state index contributed by atoms with van der Waals surface area (Å²) in [5.74, 6) is -1.38. The molecule has 0 spiro atoms. The molecule has 4 rings (SSSR count). The van der Waals surface area contributed by atoms with Crippen LogP contribution in [-0.2, 0) is 22.8 Å². The van der Waals surface area contributed by atoms with Gasteiger partial charge in [-0.05, 0) is 53.6 Å². The first-order valence-electron chi connectivity index (χ1n) is 10.7. The molecule has 0 radical (unpaired) electrons. The number of benzene rings is 3. The number of nitrogens with one attached hydrogen (secondary N) is 2. The van der Waals surface area contributed by atoms with E-state index in [0.29, 0.717) is 28.5 Å². The van der Waals surface area contributed by atoms with Crippen molar-refractivity contribution in [3.8, 4) is 0 Å². The Labute approximate surface area is 201 Å². The molecule has 35 heavy (non-hydrogen) atoms. The van der Waals surface area contributed by atoms with Gasteiger partial charge in [-0.1, -0.05) is 24.3 Å². The van der Waals surface area contributed by atoms with Gasteiger partial charge in [0.05, 0.1) is 10.5 Å². The van der Waals surface area contributed by atoms with Gasteiger partial charge >= 0.3 is 5.97 Å². The summed E-state index contributed by atoms with van der Waals surface area (Å²) in [7, 11) is -3.29. The van der Waals surface area contributed by atoms with Gasteiger partial charge in [-0.3, -0.25) is 9.59 Å². The highest BCUT2D eigenvalue weighted by atomic mass is 32.2. The lowest BCUT2D eigenvalue weighted by Crippen LogP contribution is -2.23. The first-order valence-corrected chi connectivity index (χ1v) is 12.5. The minimum atomic E-state index is -3.29. The highest BCUT2D eigenvalue weighted by Gasteiger charge is 2.12. The lowest BCUT2D eigenvalue weighted by atomic mass is 10.0. The number of amides is 1. The average molecular weight is 491 g/mol. The number of hydrogen-bond acceptors (Lipinski definition) is 5. The van der Waals surface area contributed by atoms with Gasteiger partial charge < -0.3 is 15.4 Å². The molecule has 1 aromatic heterocycles. The highest BCUT2D eigenvalue weighted by Crippen LogP contribution is 2.15. The number of sulfone groups is 1. The van der Waals surface area contributed by atoms with Crippen LogP contribution >= 0.6 is 0 Å². The third kappa shape index (κ3) is 5.47.